The van der Waals surface area contributed by atoms with Crippen molar-refractivity contribution < 1.29 is 24.2 Å². The molecule has 2 amide bonds. The molecule has 7 nitrogen and oxygen atoms in total. The second-order valence-electron chi connectivity index (χ2n) is 8.42. The summed E-state index contributed by atoms with van der Waals surface area (Å²) in [6.45, 7) is 5.59. The fourth-order valence-corrected chi connectivity index (χ4v) is 4.47. The maximum atomic E-state index is 13.0. The number of nitrogens with one attached hydrogen (secondary N) is 2. The maximum absolute atomic E-state index is 13.0. The molecule has 0 unspecified atom stereocenters. The minimum atomic E-state index is -1.17. The van der Waals surface area contributed by atoms with Gasteiger partial charge in [0.05, 0.1) is 6.42 Å². The lowest BCUT2D eigenvalue weighted by Gasteiger charge is -2.32. The Morgan fingerprint density at radius 2 is 1.52 bits per heavy atom. The Balaban J connectivity index is 1.69. The highest BCUT2D eigenvalue weighted by Crippen LogP contribution is 2.44. The number of fused-ring (bicyclic) bond motifs is 3. The van der Waals surface area contributed by atoms with E-state index < -0.39 is 29.6 Å². The quantitative estimate of drug-likeness (QED) is 0.494. The van der Waals surface area contributed by atoms with Gasteiger partial charge in [-0.2, -0.15) is 0 Å². The van der Waals surface area contributed by atoms with Gasteiger partial charge in [-0.25, -0.2) is 4.79 Å². The van der Waals surface area contributed by atoms with Crippen molar-refractivity contribution in [2.75, 3.05) is 6.61 Å². The van der Waals surface area contributed by atoms with Crippen molar-refractivity contribution in [2.45, 2.75) is 64.0 Å². The van der Waals surface area contributed by atoms with Crippen LogP contribution in [0.5, 0.6) is 0 Å². The number of ether oxygens (including phenoxy) is 1. The second-order valence-corrected chi connectivity index (χ2v) is 8.42. The lowest BCUT2D eigenvalue weighted by molar-refractivity contribution is -0.138. The molecule has 1 aliphatic rings. The van der Waals surface area contributed by atoms with Gasteiger partial charge in [0.25, 0.3) is 0 Å². The van der Waals surface area contributed by atoms with Crippen molar-refractivity contribution in [3.63, 3.8) is 0 Å². The number of carboxylic acid groups (broad SMARTS) is 1. The monoisotopic (exact) mass is 452 g/mol. The third-order valence-corrected chi connectivity index (χ3v) is 6.58. The molecule has 2 aromatic carbocycles. The van der Waals surface area contributed by atoms with Gasteiger partial charge in [0, 0.05) is 12.0 Å². The Labute approximate surface area is 194 Å². The molecule has 0 saturated heterocycles. The van der Waals surface area contributed by atoms with Gasteiger partial charge in [0.2, 0.25) is 5.91 Å². The van der Waals surface area contributed by atoms with Crippen LogP contribution in [0.15, 0.2) is 48.5 Å². The lowest BCUT2D eigenvalue weighted by Crippen LogP contribution is -2.60. The molecule has 0 spiro atoms. The summed E-state index contributed by atoms with van der Waals surface area (Å²) in [5.74, 6) is -1.45. The molecule has 176 valence electrons. The van der Waals surface area contributed by atoms with Crippen molar-refractivity contribution in [1.29, 1.82) is 0 Å². The highest BCUT2D eigenvalue weighted by atomic mass is 16.5. The van der Waals surface area contributed by atoms with E-state index in [0.717, 1.165) is 22.3 Å². The number of aliphatic carboxylic acids is 1. The molecule has 0 heterocycles. The Kier molecular flexibility index (Phi) is 7.74. The normalized spacial score (nSPS) is 13.5. The molecular formula is C26H32N2O5. The number of carbonyl (C=O) groups excluding carboxylic acids is 2. The number of benzene rings is 2. The number of hydrogen-bond acceptors (Lipinski definition) is 4. The molecular weight excluding hydrogens is 420 g/mol. The predicted octanol–water partition coefficient (Wildman–Crippen LogP) is 4.45. The zero-order chi connectivity index (χ0) is 24.0. The molecule has 0 aliphatic heterocycles. The number of alkyl carbamates (subject to hydrolysis) is 1. The van der Waals surface area contributed by atoms with Crippen molar-refractivity contribution >= 4 is 18.0 Å². The summed E-state index contributed by atoms with van der Waals surface area (Å²) in [5.41, 5.74) is 3.33. The first-order valence-electron chi connectivity index (χ1n) is 11.5. The standard InChI is InChI=1S/C26H32N2O5/c1-4-17(15-23(29)30)27-24(31)26(5-2,6-3)28-25(32)33-16-22-20-13-9-7-11-18(20)19-12-8-10-14-21(19)22/h7-14,17,22H,4-6,15-16H2,1-3H3,(H,27,31)(H,28,32)(H,29,30)/t17-/m0/s1. The highest BCUT2D eigenvalue weighted by Gasteiger charge is 2.38. The van der Waals surface area contributed by atoms with Crippen LogP contribution in [-0.2, 0) is 14.3 Å². The van der Waals surface area contributed by atoms with Crippen LogP contribution in [0.4, 0.5) is 4.79 Å². The van der Waals surface area contributed by atoms with Gasteiger partial charge in [0.15, 0.2) is 0 Å². The molecule has 1 aliphatic carbocycles. The summed E-state index contributed by atoms with van der Waals surface area (Å²) in [7, 11) is 0. The van der Waals surface area contributed by atoms with Crippen LogP contribution in [0.3, 0.4) is 0 Å². The molecule has 1 atom stereocenters. The Hall–Kier alpha value is -3.35. The van der Waals surface area contributed by atoms with Gasteiger partial charge in [-0.1, -0.05) is 69.3 Å². The summed E-state index contributed by atoms with van der Waals surface area (Å²) in [6.07, 6.45) is 0.344. The molecule has 0 radical (unpaired) electrons. The van der Waals surface area contributed by atoms with Crippen LogP contribution < -0.4 is 10.6 Å². The predicted molar refractivity (Wildman–Crippen MR) is 126 cm³/mol. The molecule has 2 aromatic rings. The summed E-state index contributed by atoms with van der Waals surface area (Å²) in [4.78, 5) is 36.9. The van der Waals surface area contributed by atoms with Gasteiger partial charge in [0.1, 0.15) is 12.1 Å². The van der Waals surface area contributed by atoms with E-state index in [4.69, 9.17) is 9.84 Å². The Morgan fingerprint density at radius 1 is 0.970 bits per heavy atom. The SMILES string of the molecule is CC[C@@H](CC(=O)O)NC(=O)C(CC)(CC)NC(=O)OCC1c2ccccc2-c2ccccc21. The minimum Gasteiger partial charge on any atom is -0.481 e. The minimum absolute atomic E-state index is 0.0744. The number of carbonyl (C=O) groups is 3. The summed E-state index contributed by atoms with van der Waals surface area (Å²) < 4.78 is 5.62. The van der Waals surface area contributed by atoms with Crippen LogP contribution in [0.2, 0.25) is 0 Å². The van der Waals surface area contributed by atoms with Crippen LogP contribution in [0.25, 0.3) is 11.1 Å². The number of amides is 2. The largest absolute Gasteiger partial charge is 0.481 e. The zero-order valence-corrected chi connectivity index (χ0v) is 19.4. The number of carboxylic acids is 1. The third kappa shape index (κ3) is 5.18. The van der Waals surface area contributed by atoms with Gasteiger partial charge in [-0.3, -0.25) is 9.59 Å². The third-order valence-electron chi connectivity index (χ3n) is 6.58. The average molecular weight is 453 g/mol. The van der Waals surface area contributed by atoms with Gasteiger partial charge in [-0.05, 0) is 41.5 Å². The second kappa shape index (κ2) is 10.5. The molecule has 0 aromatic heterocycles. The fourth-order valence-electron chi connectivity index (χ4n) is 4.47. The first-order valence-corrected chi connectivity index (χ1v) is 11.5. The van der Waals surface area contributed by atoms with E-state index in [1.807, 2.05) is 57.2 Å². The van der Waals surface area contributed by atoms with E-state index in [-0.39, 0.29) is 18.9 Å². The molecule has 0 fully saturated rings. The molecule has 33 heavy (non-hydrogen) atoms. The van der Waals surface area contributed by atoms with Crippen LogP contribution in [0, 0.1) is 0 Å². The van der Waals surface area contributed by atoms with Crippen molar-refractivity contribution in [1.82, 2.24) is 10.6 Å². The fraction of sp³-hybridized carbons (Fsp3) is 0.423. The highest BCUT2D eigenvalue weighted by molar-refractivity contribution is 5.90. The number of rotatable bonds is 10. The first-order chi connectivity index (χ1) is 15.8. The molecule has 3 rings (SSSR count). The van der Waals surface area contributed by atoms with E-state index >= 15 is 0 Å². The maximum Gasteiger partial charge on any atom is 0.408 e. The van der Waals surface area contributed by atoms with Crippen LogP contribution >= 0.6 is 0 Å². The Bertz CT molecular complexity index is 970. The van der Waals surface area contributed by atoms with Crippen LogP contribution in [-0.4, -0.2) is 41.3 Å². The van der Waals surface area contributed by atoms with Gasteiger partial charge >= 0.3 is 12.1 Å². The topological polar surface area (TPSA) is 105 Å². The smallest absolute Gasteiger partial charge is 0.408 e. The van der Waals surface area contributed by atoms with E-state index in [0.29, 0.717) is 19.3 Å². The molecule has 7 heteroatoms. The van der Waals surface area contributed by atoms with Gasteiger partial charge in [-0.15, -0.1) is 0 Å². The molecule has 0 bridgehead atoms. The Morgan fingerprint density at radius 3 is 2.00 bits per heavy atom. The summed E-state index contributed by atoms with van der Waals surface area (Å²) in [6, 6.07) is 15.7. The van der Waals surface area contributed by atoms with Gasteiger partial charge < -0.3 is 20.5 Å². The summed E-state index contributed by atoms with van der Waals surface area (Å²) >= 11 is 0. The first kappa shape index (κ1) is 24.3. The zero-order valence-electron chi connectivity index (χ0n) is 19.4. The summed E-state index contributed by atoms with van der Waals surface area (Å²) in [5, 5.41) is 14.6. The van der Waals surface area contributed by atoms with E-state index in [2.05, 4.69) is 22.8 Å². The molecule has 3 N–H and O–H groups in total. The number of hydrogen-bond donors (Lipinski definition) is 3. The lowest BCUT2D eigenvalue weighted by atomic mass is 9.91. The van der Waals surface area contributed by atoms with Crippen molar-refractivity contribution in [3.8, 4) is 11.1 Å². The van der Waals surface area contributed by atoms with E-state index in [1.165, 1.54) is 0 Å². The van der Waals surface area contributed by atoms with Crippen molar-refractivity contribution in [2.24, 2.45) is 0 Å². The van der Waals surface area contributed by atoms with Crippen molar-refractivity contribution in [3.05, 3.63) is 59.7 Å². The van der Waals surface area contributed by atoms with E-state index in [1.54, 1.807) is 0 Å². The van der Waals surface area contributed by atoms with Crippen LogP contribution in [0.1, 0.15) is 63.5 Å². The molecule has 0 saturated carbocycles. The average Bonchev–Trinajstić information content (AvgIpc) is 3.14. The van der Waals surface area contributed by atoms with E-state index in [9.17, 15) is 14.4 Å².